The zero-order valence-corrected chi connectivity index (χ0v) is 27.8. The number of benzene rings is 1. The zero-order valence-electron chi connectivity index (χ0n) is 26.2. The number of nitrogens with one attached hydrogen (secondary N) is 1. The maximum atomic E-state index is 12.5. The number of carbonyl (C=O) groups is 1. The van der Waals surface area contributed by atoms with E-state index in [1.54, 1.807) is 36.8 Å². The highest BCUT2D eigenvalue weighted by molar-refractivity contribution is 9.10. The van der Waals surface area contributed by atoms with Gasteiger partial charge in [-0.3, -0.25) is 4.79 Å². The third-order valence-electron chi connectivity index (χ3n) is 8.37. The van der Waals surface area contributed by atoms with E-state index >= 15 is 0 Å². The number of anilines is 3. The molecule has 234 valence electrons. The Morgan fingerprint density at radius 1 is 0.778 bits per heavy atom. The second kappa shape index (κ2) is 13.7. The Hall–Kier alpha value is -3.80. The number of nitrogens with zero attached hydrogens (tertiary/aromatic N) is 3. The van der Waals surface area contributed by atoms with Gasteiger partial charge in [0.05, 0.1) is 11.2 Å². The van der Waals surface area contributed by atoms with E-state index in [4.69, 9.17) is 20.8 Å². The van der Waals surface area contributed by atoms with Crippen LogP contribution in [0.2, 0.25) is 0 Å². The minimum atomic E-state index is -0.427. The fraction of sp³-hybridized carbons (Fsp3) is 0.353. The van der Waals surface area contributed by atoms with Gasteiger partial charge in [0.15, 0.2) is 0 Å². The molecule has 0 spiro atoms. The first kappa shape index (κ1) is 32.6. The Bertz CT molecular complexity index is 1590. The van der Waals surface area contributed by atoms with Crippen LogP contribution in [0.3, 0.4) is 0 Å². The highest BCUT2D eigenvalue weighted by atomic mass is 79.9. The number of aromatic nitrogens is 3. The van der Waals surface area contributed by atoms with Crippen molar-refractivity contribution in [2.75, 3.05) is 16.8 Å². The van der Waals surface area contributed by atoms with Gasteiger partial charge in [0.2, 0.25) is 0 Å². The standard InChI is InChI=1S/C21H25BN2O3.C8H10N2.C5H5BrN2/c1-20(2)21(3,4)27-22(26-20)17-9-7-15(8-10-17)19(25)24-18-13-16(11-12-23-18)14-5-6-14;9-8-5-7(3-4-10-8)6-1-2-6;6-4-1-2-8-5(7)3-4/h7-14H,5-6H2,1-4H3,(H,23,24,25);3-6H,1-2H2,(H2,9,10);1-3H,(H2,7,8). The Balaban J connectivity index is 0.000000179. The lowest BCUT2D eigenvalue weighted by molar-refractivity contribution is 0.00578. The van der Waals surface area contributed by atoms with Crippen LogP contribution in [0, 0.1) is 0 Å². The van der Waals surface area contributed by atoms with Gasteiger partial charge in [-0.25, -0.2) is 15.0 Å². The summed E-state index contributed by atoms with van der Waals surface area (Å²) in [6.07, 6.45) is 10.3. The lowest BCUT2D eigenvalue weighted by atomic mass is 9.79. The van der Waals surface area contributed by atoms with Crippen LogP contribution in [0.1, 0.15) is 86.7 Å². The van der Waals surface area contributed by atoms with Gasteiger partial charge >= 0.3 is 7.12 Å². The normalized spacial score (nSPS) is 17.8. The summed E-state index contributed by atoms with van der Waals surface area (Å²) in [5, 5.41) is 2.88. The molecule has 0 bridgehead atoms. The Labute approximate surface area is 273 Å². The summed E-state index contributed by atoms with van der Waals surface area (Å²) >= 11 is 3.24. The van der Waals surface area contributed by atoms with E-state index in [-0.39, 0.29) is 17.1 Å². The molecule has 4 aromatic rings. The summed E-state index contributed by atoms with van der Waals surface area (Å²) in [4.78, 5) is 24.5. The van der Waals surface area contributed by atoms with Gasteiger partial charge in [0.25, 0.3) is 5.91 Å². The van der Waals surface area contributed by atoms with Crippen molar-refractivity contribution in [1.82, 2.24) is 15.0 Å². The molecule has 0 radical (unpaired) electrons. The molecule has 7 rings (SSSR count). The maximum Gasteiger partial charge on any atom is 0.494 e. The molecule has 1 amide bonds. The van der Waals surface area contributed by atoms with Crippen molar-refractivity contribution in [2.45, 2.75) is 76.4 Å². The van der Waals surface area contributed by atoms with Gasteiger partial charge < -0.3 is 26.1 Å². The number of amides is 1. The van der Waals surface area contributed by atoms with Gasteiger partial charge in [-0.15, -0.1) is 0 Å². The summed E-state index contributed by atoms with van der Waals surface area (Å²) in [6, 6.07) is 18.9. The first-order chi connectivity index (χ1) is 21.4. The van der Waals surface area contributed by atoms with Crippen molar-refractivity contribution in [3.8, 4) is 0 Å². The molecule has 11 heteroatoms. The Morgan fingerprint density at radius 3 is 1.78 bits per heavy atom. The molecular weight excluding hydrogens is 631 g/mol. The van der Waals surface area contributed by atoms with Crippen LogP contribution in [0.4, 0.5) is 17.5 Å². The first-order valence-electron chi connectivity index (χ1n) is 15.2. The van der Waals surface area contributed by atoms with E-state index < -0.39 is 7.12 Å². The predicted molar refractivity (Wildman–Crippen MR) is 183 cm³/mol. The minimum absolute atomic E-state index is 0.170. The number of nitrogen functional groups attached to an aromatic ring is 2. The van der Waals surface area contributed by atoms with E-state index in [1.807, 2.05) is 70.2 Å². The molecule has 3 aliphatic rings. The number of hydrogen-bond donors (Lipinski definition) is 3. The lowest BCUT2D eigenvalue weighted by Gasteiger charge is -2.32. The van der Waals surface area contributed by atoms with Crippen molar-refractivity contribution in [3.05, 3.63) is 100 Å². The van der Waals surface area contributed by atoms with E-state index in [0.717, 1.165) is 15.9 Å². The van der Waals surface area contributed by atoms with Crippen LogP contribution in [0.5, 0.6) is 0 Å². The quantitative estimate of drug-likeness (QED) is 0.205. The third-order valence-corrected chi connectivity index (χ3v) is 8.86. The molecule has 4 heterocycles. The fourth-order valence-corrected chi connectivity index (χ4v) is 5.06. The molecule has 3 aromatic heterocycles. The van der Waals surface area contributed by atoms with Crippen LogP contribution < -0.4 is 22.2 Å². The van der Waals surface area contributed by atoms with Crippen molar-refractivity contribution in [2.24, 2.45) is 0 Å². The number of hydrogen-bond acceptors (Lipinski definition) is 8. The smallest absolute Gasteiger partial charge is 0.399 e. The van der Waals surface area contributed by atoms with Crippen molar-refractivity contribution >= 4 is 51.9 Å². The largest absolute Gasteiger partial charge is 0.494 e. The van der Waals surface area contributed by atoms with Gasteiger partial charge in [-0.2, -0.15) is 0 Å². The molecule has 2 aliphatic carbocycles. The molecule has 0 unspecified atom stereocenters. The van der Waals surface area contributed by atoms with Crippen molar-refractivity contribution in [3.63, 3.8) is 0 Å². The Kier molecular flexibility index (Phi) is 9.91. The number of carbonyl (C=O) groups excluding carboxylic acids is 1. The average molecular weight is 671 g/mol. The molecule has 1 saturated heterocycles. The summed E-state index contributed by atoms with van der Waals surface area (Å²) in [5.74, 6) is 3.02. The molecule has 5 N–H and O–H groups in total. The van der Waals surface area contributed by atoms with Gasteiger partial charge in [-0.05, 0) is 130 Å². The molecule has 0 atom stereocenters. The summed E-state index contributed by atoms with van der Waals surface area (Å²) in [5.41, 5.74) is 14.1. The van der Waals surface area contributed by atoms with Gasteiger partial charge in [0.1, 0.15) is 17.5 Å². The summed E-state index contributed by atoms with van der Waals surface area (Å²) in [6.45, 7) is 8.10. The topological polar surface area (TPSA) is 138 Å². The first-order valence-corrected chi connectivity index (χ1v) is 16.0. The summed E-state index contributed by atoms with van der Waals surface area (Å²) in [7, 11) is -0.427. The van der Waals surface area contributed by atoms with Crippen molar-refractivity contribution < 1.29 is 14.1 Å². The van der Waals surface area contributed by atoms with E-state index in [1.165, 1.54) is 36.8 Å². The molecule has 45 heavy (non-hydrogen) atoms. The van der Waals surface area contributed by atoms with Gasteiger partial charge in [-0.1, -0.05) is 28.1 Å². The van der Waals surface area contributed by atoms with E-state index in [2.05, 4.69) is 36.2 Å². The SMILES string of the molecule is CC1(C)OB(c2ccc(C(=O)Nc3cc(C4CC4)ccn3)cc2)OC1(C)C.Nc1cc(Br)ccn1.Nc1cc(C2CC2)ccn1. The number of pyridine rings is 3. The highest BCUT2D eigenvalue weighted by Gasteiger charge is 2.51. The second-order valence-corrected chi connectivity index (χ2v) is 13.5. The number of halogens is 1. The average Bonchev–Trinajstić information content (AvgIpc) is 3.91. The second-order valence-electron chi connectivity index (χ2n) is 12.6. The minimum Gasteiger partial charge on any atom is -0.399 e. The van der Waals surface area contributed by atoms with Crippen LogP contribution >= 0.6 is 15.9 Å². The zero-order chi connectivity index (χ0) is 32.2. The summed E-state index contributed by atoms with van der Waals surface area (Å²) < 4.78 is 13.1. The molecule has 2 saturated carbocycles. The lowest BCUT2D eigenvalue weighted by Crippen LogP contribution is -2.41. The molecular formula is C34H40BBrN6O3. The molecule has 1 aromatic carbocycles. The fourth-order valence-electron chi connectivity index (χ4n) is 4.70. The van der Waals surface area contributed by atoms with Gasteiger partial charge in [0, 0.05) is 28.6 Å². The van der Waals surface area contributed by atoms with Crippen LogP contribution in [-0.4, -0.2) is 39.2 Å². The number of rotatable bonds is 5. The number of nitrogens with two attached hydrogens (primary N) is 2. The molecule has 1 aliphatic heterocycles. The van der Waals surface area contributed by atoms with Crippen LogP contribution in [-0.2, 0) is 9.31 Å². The maximum absolute atomic E-state index is 12.5. The van der Waals surface area contributed by atoms with Crippen LogP contribution in [0.25, 0.3) is 0 Å². The monoisotopic (exact) mass is 670 g/mol. The van der Waals surface area contributed by atoms with E-state index in [9.17, 15) is 4.79 Å². The molecule has 9 nitrogen and oxygen atoms in total. The predicted octanol–water partition coefficient (Wildman–Crippen LogP) is 6.48. The van der Waals surface area contributed by atoms with E-state index in [0.29, 0.717) is 28.9 Å². The Morgan fingerprint density at radius 2 is 1.29 bits per heavy atom. The van der Waals surface area contributed by atoms with Crippen molar-refractivity contribution in [1.29, 1.82) is 0 Å². The van der Waals surface area contributed by atoms with Crippen LogP contribution in [0.15, 0.2) is 83.7 Å². The highest BCUT2D eigenvalue weighted by Crippen LogP contribution is 2.41. The molecule has 3 fully saturated rings. The third kappa shape index (κ3) is 8.90.